The van der Waals surface area contributed by atoms with E-state index in [9.17, 15) is 0 Å². The van der Waals surface area contributed by atoms with E-state index >= 15 is 0 Å². The first-order chi connectivity index (χ1) is 20.8. The Bertz CT molecular complexity index is 1690. The molecule has 0 amide bonds. The number of hydrogen-bond acceptors (Lipinski definition) is 0. The van der Waals surface area contributed by atoms with Crippen molar-refractivity contribution in [1.29, 1.82) is 0 Å². The highest BCUT2D eigenvalue weighted by Crippen LogP contribution is 2.18. The van der Waals surface area contributed by atoms with Crippen LogP contribution in [-0.4, -0.2) is 0 Å². The highest BCUT2D eigenvalue weighted by molar-refractivity contribution is 5.87. The zero-order valence-electron chi connectivity index (χ0n) is 24.9. The van der Waals surface area contributed by atoms with Gasteiger partial charge >= 0.3 is 0 Å². The van der Waals surface area contributed by atoms with Gasteiger partial charge in [0.1, 0.15) is 13.1 Å². The molecule has 0 aliphatic heterocycles. The van der Waals surface area contributed by atoms with Crippen molar-refractivity contribution in [2.45, 2.75) is 38.8 Å². The molecule has 222 valence electrons. The molecule has 0 fully saturated rings. The number of aryl methyl sites for hydroxylation is 2. The van der Waals surface area contributed by atoms with Crippen LogP contribution >= 0.6 is 0 Å². The quantitative estimate of drug-likeness (QED) is 0.145. The van der Waals surface area contributed by atoms with Gasteiger partial charge in [-0.2, -0.15) is 0 Å². The van der Waals surface area contributed by atoms with Crippen molar-refractivity contribution in [2.75, 3.05) is 0 Å². The number of nitrogens with zero attached hydrogens (tertiary/aromatic N) is 2. The number of hydrogen-bond donors (Lipinski definition) is 0. The highest BCUT2D eigenvalue weighted by Gasteiger charge is 2.03. The maximum absolute atomic E-state index is 2.30. The Balaban J connectivity index is 0.00000221. The highest BCUT2D eigenvalue weighted by atomic mass is 79.9. The summed E-state index contributed by atoms with van der Waals surface area (Å²) in [5.41, 5.74) is 4.92. The summed E-state index contributed by atoms with van der Waals surface area (Å²) in [6.07, 6.45) is 22.5. The van der Waals surface area contributed by atoms with E-state index in [4.69, 9.17) is 0 Å². The van der Waals surface area contributed by atoms with E-state index in [2.05, 4.69) is 167 Å². The normalized spacial score (nSPS) is 11.2. The fourth-order valence-corrected chi connectivity index (χ4v) is 5.41. The first-order valence-electron chi connectivity index (χ1n) is 15.1. The topological polar surface area (TPSA) is 7.76 Å². The molecule has 6 rings (SSSR count). The van der Waals surface area contributed by atoms with E-state index in [1.54, 1.807) is 0 Å². The molecule has 0 bridgehead atoms. The molecule has 0 aliphatic rings. The summed E-state index contributed by atoms with van der Waals surface area (Å²) in [7, 11) is 0. The van der Waals surface area contributed by atoms with Crippen molar-refractivity contribution in [2.24, 2.45) is 0 Å². The van der Waals surface area contributed by atoms with Crippen LogP contribution in [0.3, 0.4) is 0 Å². The smallest absolute Gasteiger partial charge is 0.169 e. The summed E-state index contributed by atoms with van der Waals surface area (Å²) < 4.78 is 4.60. The standard InChI is InChI=1S/C40H38N2.2BrH/c1(7-25-41-27-21-33(22-28-41)13-15-35-17-19-37-9-3-5-11-39(37)31-35)2-8-26-42-29-23-34(24-30-42)14-16-36-18-20-38-10-4-6-12-40(38)32-36;;/h3-6,9-24,27-32H,1-2,7-8,25-26H2;2*1H/q+2;;/p-2/b15-13+,16-14+;;. The molecule has 44 heavy (non-hydrogen) atoms. The third kappa shape index (κ3) is 9.32. The molecule has 0 spiro atoms. The third-order valence-electron chi connectivity index (χ3n) is 7.90. The number of pyridine rings is 2. The number of aromatic nitrogens is 2. The molecule has 4 aromatic carbocycles. The molecule has 0 unspecified atom stereocenters. The minimum atomic E-state index is 0. The Morgan fingerprint density at radius 2 is 0.727 bits per heavy atom. The van der Waals surface area contributed by atoms with E-state index in [0.29, 0.717) is 0 Å². The lowest BCUT2D eigenvalue weighted by atomic mass is 10.1. The predicted molar refractivity (Wildman–Crippen MR) is 177 cm³/mol. The van der Waals surface area contributed by atoms with Gasteiger partial charge in [-0.3, -0.25) is 0 Å². The molecule has 2 aromatic heterocycles. The van der Waals surface area contributed by atoms with Crippen LogP contribution in [0.2, 0.25) is 0 Å². The van der Waals surface area contributed by atoms with Crippen LogP contribution in [0.25, 0.3) is 45.8 Å². The molecule has 0 N–H and O–H groups in total. The van der Waals surface area contributed by atoms with Gasteiger partial charge in [-0.05, 0) is 68.8 Å². The van der Waals surface area contributed by atoms with Gasteiger partial charge in [0, 0.05) is 37.1 Å². The summed E-state index contributed by atoms with van der Waals surface area (Å²) in [4.78, 5) is 0. The maximum atomic E-state index is 2.30. The van der Waals surface area contributed by atoms with Gasteiger partial charge in [0.2, 0.25) is 0 Å². The number of rotatable bonds is 11. The summed E-state index contributed by atoms with van der Waals surface area (Å²) in [6.45, 7) is 2.14. The lowest BCUT2D eigenvalue weighted by Gasteiger charge is -2.01. The molecule has 0 saturated heterocycles. The lowest BCUT2D eigenvalue weighted by molar-refractivity contribution is -0.698. The van der Waals surface area contributed by atoms with Gasteiger partial charge in [-0.1, -0.05) is 97.1 Å². The SMILES string of the molecule is C(=C\c1ccc2ccccc2c1)/c1cc[n+](CCCCCC[n+]2ccc(/C=C/c3ccc4ccccc4c3)cc2)cc1.[Br-].[Br-]. The van der Waals surface area contributed by atoms with Crippen LogP contribution in [0.15, 0.2) is 134 Å². The monoisotopic (exact) mass is 704 g/mol. The van der Waals surface area contributed by atoms with Crippen LogP contribution in [0.4, 0.5) is 0 Å². The van der Waals surface area contributed by atoms with Crippen LogP contribution in [0.1, 0.15) is 47.9 Å². The fraction of sp³-hybridized carbons (Fsp3) is 0.150. The van der Waals surface area contributed by atoms with Crippen LogP contribution < -0.4 is 43.1 Å². The zero-order valence-corrected chi connectivity index (χ0v) is 28.1. The molecule has 0 atom stereocenters. The maximum Gasteiger partial charge on any atom is 0.169 e. The van der Waals surface area contributed by atoms with E-state index in [0.717, 1.165) is 13.1 Å². The summed E-state index contributed by atoms with van der Waals surface area (Å²) >= 11 is 0. The summed E-state index contributed by atoms with van der Waals surface area (Å²) in [5, 5.41) is 5.13. The molecular weight excluding hydrogens is 668 g/mol. The second-order valence-corrected chi connectivity index (χ2v) is 11.0. The average Bonchev–Trinajstić information content (AvgIpc) is 3.05. The van der Waals surface area contributed by atoms with E-state index in [1.807, 2.05) is 0 Å². The van der Waals surface area contributed by atoms with Gasteiger partial charge in [-0.25, -0.2) is 9.13 Å². The average molecular weight is 707 g/mol. The Labute approximate surface area is 282 Å². The van der Waals surface area contributed by atoms with Gasteiger partial charge in [0.25, 0.3) is 0 Å². The van der Waals surface area contributed by atoms with Crippen LogP contribution in [0, 0.1) is 0 Å². The Morgan fingerprint density at radius 1 is 0.364 bits per heavy atom. The van der Waals surface area contributed by atoms with Gasteiger partial charge in [-0.15, -0.1) is 0 Å². The number of benzene rings is 4. The van der Waals surface area contributed by atoms with Gasteiger partial charge < -0.3 is 34.0 Å². The first kappa shape index (κ1) is 33.0. The van der Waals surface area contributed by atoms with Crippen molar-refractivity contribution < 1.29 is 43.1 Å². The second kappa shape index (κ2) is 16.8. The summed E-state index contributed by atoms with van der Waals surface area (Å²) in [6, 6.07) is 39.1. The van der Waals surface area contributed by atoms with Crippen LogP contribution in [-0.2, 0) is 13.1 Å². The van der Waals surface area contributed by atoms with E-state index < -0.39 is 0 Å². The molecule has 6 aromatic rings. The van der Waals surface area contributed by atoms with E-state index in [1.165, 1.54) is 69.5 Å². The fourth-order valence-electron chi connectivity index (χ4n) is 5.41. The van der Waals surface area contributed by atoms with Crippen molar-refractivity contribution >= 4 is 45.8 Å². The molecule has 0 saturated carbocycles. The largest absolute Gasteiger partial charge is 1.00 e. The minimum Gasteiger partial charge on any atom is -1.00 e. The second-order valence-electron chi connectivity index (χ2n) is 11.0. The molecule has 4 heteroatoms. The van der Waals surface area contributed by atoms with Crippen molar-refractivity contribution in [3.8, 4) is 0 Å². The number of unbranched alkanes of at least 4 members (excludes halogenated alkanes) is 3. The first-order valence-corrected chi connectivity index (χ1v) is 15.1. The lowest BCUT2D eigenvalue weighted by Crippen LogP contribution is -3.00. The molecule has 0 aliphatic carbocycles. The Hall–Kier alpha value is -3.86. The third-order valence-corrected chi connectivity index (χ3v) is 7.90. The Kier molecular flexibility index (Phi) is 12.6. The van der Waals surface area contributed by atoms with E-state index in [-0.39, 0.29) is 34.0 Å². The minimum absolute atomic E-state index is 0. The number of fused-ring (bicyclic) bond motifs is 2. The molecule has 2 heterocycles. The number of halogens is 2. The zero-order chi connectivity index (χ0) is 28.4. The predicted octanol–water partition coefficient (Wildman–Crippen LogP) is 3.18. The Morgan fingerprint density at radius 3 is 1.14 bits per heavy atom. The molecule has 0 radical (unpaired) electrons. The molecular formula is C40H38Br2N2. The molecule has 2 nitrogen and oxygen atoms in total. The van der Waals surface area contributed by atoms with Crippen molar-refractivity contribution in [3.05, 3.63) is 156 Å². The summed E-state index contributed by atoms with van der Waals surface area (Å²) in [5.74, 6) is 0. The van der Waals surface area contributed by atoms with Crippen LogP contribution in [0.5, 0.6) is 0 Å². The van der Waals surface area contributed by atoms with Gasteiger partial charge in [0.15, 0.2) is 24.8 Å². The van der Waals surface area contributed by atoms with Crippen molar-refractivity contribution in [1.82, 2.24) is 0 Å². The van der Waals surface area contributed by atoms with Crippen molar-refractivity contribution in [3.63, 3.8) is 0 Å². The van der Waals surface area contributed by atoms with Gasteiger partial charge in [0.05, 0.1) is 0 Å².